The van der Waals surface area contributed by atoms with Crippen molar-refractivity contribution in [2.24, 2.45) is 28.0 Å². The molecule has 2 aromatic carbocycles. The van der Waals surface area contributed by atoms with Crippen LogP contribution in [0.4, 0.5) is 19.3 Å². The number of allylic oxidation sites excluding steroid dienone is 1. The highest BCUT2D eigenvalue weighted by atomic mass is 35.5. The van der Waals surface area contributed by atoms with Crippen LogP contribution in [-0.4, -0.2) is 67.3 Å². The predicted octanol–water partition coefficient (Wildman–Crippen LogP) is 7.32. The zero-order valence-electron chi connectivity index (χ0n) is 29.1. The number of alkyl halides is 2. The maximum Gasteiger partial charge on any atom is 0.327 e. The molecule has 51 heavy (non-hydrogen) atoms. The van der Waals surface area contributed by atoms with Gasteiger partial charge in [-0.05, 0) is 110 Å². The van der Waals surface area contributed by atoms with Gasteiger partial charge in [-0.2, -0.15) is 0 Å². The number of fused-ring (bicyclic) bond motifs is 4. The SMILES string of the molecule is CO[C@H]1/C=C\C[C@H](C)CS(=O)(NC(=O)N[C@@H]2C[C@H]2CC(F)F)=NC(=O)c2ccc3c(c2)N(C[C@@H]2CC[C@H]21)C[C@@]1(CCCc2cc(Cl)ccc21)CO3. The van der Waals surface area contributed by atoms with Crippen LogP contribution in [0.3, 0.4) is 0 Å². The Morgan fingerprint density at radius 2 is 2.08 bits per heavy atom. The summed E-state index contributed by atoms with van der Waals surface area (Å²) in [6.45, 7) is 3.80. The second-order valence-electron chi connectivity index (χ2n) is 15.3. The maximum atomic E-state index is 14.4. The summed E-state index contributed by atoms with van der Waals surface area (Å²) in [6, 6.07) is 10.1. The Hall–Kier alpha value is -3.22. The Kier molecular flexibility index (Phi) is 10.4. The first kappa shape index (κ1) is 36.2. The van der Waals surface area contributed by atoms with Gasteiger partial charge in [-0.15, -0.1) is 4.36 Å². The molecule has 13 heteroatoms. The summed E-state index contributed by atoms with van der Waals surface area (Å²) in [6.07, 6.45) is 7.22. The molecular weight excluding hydrogens is 698 g/mol. The average molecular weight is 745 g/mol. The quantitative estimate of drug-likeness (QED) is 0.311. The van der Waals surface area contributed by atoms with Gasteiger partial charge in [0.25, 0.3) is 5.91 Å². The number of hydrogen-bond donors (Lipinski definition) is 2. The monoisotopic (exact) mass is 744 g/mol. The summed E-state index contributed by atoms with van der Waals surface area (Å²) in [4.78, 5) is 29.3. The van der Waals surface area contributed by atoms with Gasteiger partial charge in [0.2, 0.25) is 6.43 Å². The molecule has 9 nitrogen and oxygen atoms in total. The van der Waals surface area contributed by atoms with Gasteiger partial charge in [0.05, 0.1) is 24.2 Å². The lowest BCUT2D eigenvalue weighted by Crippen LogP contribution is -2.49. The van der Waals surface area contributed by atoms with E-state index in [1.54, 1.807) is 25.3 Å². The van der Waals surface area contributed by atoms with E-state index in [4.69, 9.17) is 21.1 Å². The van der Waals surface area contributed by atoms with Gasteiger partial charge in [-0.25, -0.2) is 17.8 Å². The Morgan fingerprint density at radius 3 is 2.84 bits per heavy atom. The molecule has 0 aromatic heterocycles. The molecule has 2 aromatic rings. The molecule has 1 spiro atoms. The van der Waals surface area contributed by atoms with Gasteiger partial charge in [0.15, 0.2) is 0 Å². The van der Waals surface area contributed by atoms with E-state index < -0.39 is 34.3 Å². The van der Waals surface area contributed by atoms with Gasteiger partial charge < -0.3 is 19.7 Å². The van der Waals surface area contributed by atoms with E-state index in [-0.39, 0.29) is 41.1 Å². The summed E-state index contributed by atoms with van der Waals surface area (Å²) < 4.78 is 59.4. The first-order chi connectivity index (χ1) is 24.4. The zero-order chi connectivity index (χ0) is 35.9. The van der Waals surface area contributed by atoms with Crippen LogP contribution in [-0.2, 0) is 26.5 Å². The third-order valence-corrected chi connectivity index (χ3v) is 13.7. The van der Waals surface area contributed by atoms with Gasteiger partial charge in [-0.1, -0.05) is 36.7 Å². The van der Waals surface area contributed by atoms with Crippen LogP contribution in [0.2, 0.25) is 5.02 Å². The molecule has 2 saturated carbocycles. The number of carbonyl (C=O) groups is 2. The highest BCUT2D eigenvalue weighted by Gasteiger charge is 2.45. The van der Waals surface area contributed by atoms with Crippen molar-refractivity contribution in [3.63, 3.8) is 0 Å². The molecule has 2 fully saturated rings. The number of urea groups is 1. The standard InChI is InChI=1S/C38H47ClF2N4O5S/c1-23-5-3-7-33(49-2)29-11-8-26(29)19-45-21-38(14-4-6-24-15-28(39)10-12-30(24)38)22-50-34-13-9-25(17-32(34)45)36(46)43-51(48,20-23)44-37(47)42-31-16-27(31)18-35(40)41/h3,7,9-10,12-13,15,17,23,26-27,29,31,33,35H,4-6,8,11,14,16,18-22H2,1-2H3,(H2,42,43,44,46,47,48)/b7-3-/t23-,26-,27-,29+,31+,33-,38-,51?/m0/s1. The van der Waals surface area contributed by atoms with E-state index in [0.29, 0.717) is 43.6 Å². The number of hydrogen-bond acceptors (Lipinski definition) is 6. The van der Waals surface area contributed by atoms with Crippen molar-refractivity contribution >= 4 is 39.1 Å². The fourth-order valence-corrected chi connectivity index (χ4v) is 10.7. The van der Waals surface area contributed by atoms with Crippen LogP contribution in [0, 0.1) is 23.7 Å². The lowest BCUT2D eigenvalue weighted by Gasteiger charge is -2.46. The molecule has 3 amide bonds. The van der Waals surface area contributed by atoms with Crippen molar-refractivity contribution in [3.05, 3.63) is 70.3 Å². The second-order valence-corrected chi connectivity index (χ2v) is 17.7. The minimum Gasteiger partial charge on any atom is -0.490 e. The largest absolute Gasteiger partial charge is 0.490 e. The molecule has 7 rings (SSSR count). The zero-order valence-corrected chi connectivity index (χ0v) is 30.7. The van der Waals surface area contributed by atoms with Crippen LogP contribution in [0.1, 0.15) is 73.4 Å². The summed E-state index contributed by atoms with van der Waals surface area (Å²) in [5, 5.41) is 3.37. The van der Waals surface area contributed by atoms with Gasteiger partial charge in [0, 0.05) is 48.7 Å². The van der Waals surface area contributed by atoms with Crippen molar-refractivity contribution in [2.45, 2.75) is 82.3 Å². The minimum atomic E-state index is -3.61. The van der Waals surface area contributed by atoms with Crippen molar-refractivity contribution in [3.8, 4) is 5.75 Å². The van der Waals surface area contributed by atoms with Crippen molar-refractivity contribution in [1.82, 2.24) is 10.0 Å². The molecule has 1 unspecified atom stereocenters. The summed E-state index contributed by atoms with van der Waals surface area (Å²) in [5.41, 5.74) is 3.22. The van der Waals surface area contributed by atoms with E-state index >= 15 is 0 Å². The Morgan fingerprint density at radius 1 is 1.24 bits per heavy atom. The molecule has 2 aliphatic heterocycles. The molecule has 0 radical (unpaired) electrons. The molecule has 5 aliphatic rings. The molecule has 0 saturated heterocycles. The summed E-state index contributed by atoms with van der Waals surface area (Å²) >= 11 is 6.44. The minimum absolute atomic E-state index is 0.0720. The third-order valence-electron chi connectivity index (χ3n) is 11.5. The van der Waals surface area contributed by atoms with Gasteiger partial charge >= 0.3 is 6.03 Å². The highest BCUT2D eigenvalue weighted by molar-refractivity contribution is 7.92. The number of nitrogens with zero attached hydrogens (tertiary/aromatic N) is 2. The summed E-state index contributed by atoms with van der Waals surface area (Å²) in [7, 11) is -1.87. The number of ether oxygens (including phenoxy) is 2. The molecule has 2 N–H and O–H groups in total. The molecule has 2 heterocycles. The predicted molar refractivity (Wildman–Crippen MR) is 194 cm³/mol. The fraction of sp³-hybridized carbons (Fsp3) is 0.579. The highest BCUT2D eigenvalue weighted by Crippen LogP contribution is 2.47. The number of anilines is 1. The molecule has 8 atom stereocenters. The molecule has 276 valence electrons. The van der Waals surface area contributed by atoms with Crippen LogP contribution in [0.15, 0.2) is 52.9 Å². The molecular formula is C38H47ClF2N4O5S. The van der Waals surface area contributed by atoms with Crippen LogP contribution >= 0.6 is 11.6 Å². The smallest absolute Gasteiger partial charge is 0.327 e. The number of amides is 3. The normalized spacial score (nSPS) is 33.8. The third kappa shape index (κ3) is 7.93. The number of carbonyl (C=O) groups excluding carboxylic acids is 2. The Balaban J connectivity index is 1.24. The van der Waals surface area contributed by atoms with Crippen molar-refractivity contribution in [1.29, 1.82) is 0 Å². The van der Waals surface area contributed by atoms with Crippen molar-refractivity contribution < 1.29 is 32.1 Å². The van der Waals surface area contributed by atoms with Crippen LogP contribution in [0.25, 0.3) is 0 Å². The Labute approximate surface area is 304 Å². The topological polar surface area (TPSA) is 109 Å². The van der Waals surface area contributed by atoms with E-state index in [1.165, 1.54) is 11.1 Å². The fourth-order valence-electron chi connectivity index (χ4n) is 8.62. The lowest BCUT2D eigenvalue weighted by atomic mass is 9.68. The van der Waals surface area contributed by atoms with E-state index in [1.807, 2.05) is 19.1 Å². The second kappa shape index (κ2) is 14.7. The maximum absolute atomic E-state index is 14.4. The van der Waals surface area contributed by atoms with E-state index in [2.05, 4.69) is 37.5 Å². The van der Waals surface area contributed by atoms with E-state index in [0.717, 1.165) is 49.4 Å². The number of halogens is 3. The number of rotatable bonds is 5. The number of benzene rings is 2. The number of methoxy groups -OCH3 is 1. The van der Waals surface area contributed by atoms with Gasteiger partial charge in [0.1, 0.15) is 15.7 Å². The average Bonchev–Trinajstić information content (AvgIpc) is 3.81. The van der Waals surface area contributed by atoms with Crippen LogP contribution in [0.5, 0.6) is 5.75 Å². The van der Waals surface area contributed by atoms with Crippen molar-refractivity contribution in [2.75, 3.05) is 37.5 Å². The van der Waals surface area contributed by atoms with E-state index in [9.17, 15) is 22.6 Å². The number of aryl methyl sites for hydroxylation is 1. The van der Waals surface area contributed by atoms with Gasteiger partial charge in [-0.3, -0.25) is 9.52 Å². The lowest BCUT2D eigenvalue weighted by molar-refractivity contribution is 0.0131. The summed E-state index contributed by atoms with van der Waals surface area (Å²) in [5.74, 6) is 0.00980. The van der Waals surface area contributed by atoms with Crippen LogP contribution < -0.4 is 19.7 Å². The first-order valence-electron chi connectivity index (χ1n) is 18.1. The first-order valence-corrected chi connectivity index (χ1v) is 20.2. The number of nitrogens with one attached hydrogen (secondary N) is 2. The molecule has 2 bridgehead atoms. The Bertz CT molecular complexity index is 1820. The molecule has 3 aliphatic carbocycles.